The molecule has 1 aliphatic heterocycles. The average molecular weight is 414 g/mol. The number of hydrogen-bond donors (Lipinski definition) is 0. The van der Waals surface area contributed by atoms with Gasteiger partial charge in [0.15, 0.2) is 0 Å². The number of carbonyl (C=O) groups is 1. The third-order valence-electron chi connectivity index (χ3n) is 3.36. The van der Waals surface area contributed by atoms with Gasteiger partial charge < -0.3 is 4.74 Å². The van der Waals surface area contributed by atoms with Crippen LogP contribution in [0.25, 0.3) is 0 Å². The summed E-state index contributed by atoms with van der Waals surface area (Å²) < 4.78 is 21.1. The zero-order chi connectivity index (χ0) is 18.1. The molecule has 0 bridgehead atoms. The highest BCUT2D eigenvalue weighted by Gasteiger charge is 2.60. The Bertz CT molecular complexity index is 664. The summed E-state index contributed by atoms with van der Waals surface area (Å²) in [5.41, 5.74) is -0.549. The number of anilines is 1. The van der Waals surface area contributed by atoms with Crippen LogP contribution in [0.15, 0.2) is 34.8 Å². The molecule has 9 heteroatoms. The summed E-state index contributed by atoms with van der Waals surface area (Å²) in [4.78, 5) is 12.5. The first kappa shape index (κ1) is 19.8. The maximum atomic E-state index is 14.1. The lowest BCUT2D eigenvalue weighted by Crippen LogP contribution is -2.53. The number of carbonyl (C=O) groups excluding carboxylic acids is 1. The van der Waals surface area contributed by atoms with Crippen LogP contribution in [-0.2, 0) is 4.74 Å². The number of hydrogen-bond acceptors (Lipinski definition) is 4. The van der Waals surface area contributed by atoms with E-state index in [9.17, 15) is 9.18 Å². The Kier molecular flexibility index (Phi) is 6.11. The van der Waals surface area contributed by atoms with E-state index in [0.29, 0.717) is 0 Å². The van der Waals surface area contributed by atoms with Crippen LogP contribution in [0, 0.1) is 11.2 Å². The maximum Gasteiger partial charge on any atom is 0.306 e. The molecule has 4 nitrogen and oxygen atoms in total. The molecule has 1 fully saturated rings. The molecule has 1 aliphatic rings. The van der Waals surface area contributed by atoms with E-state index in [1.807, 2.05) is 20.8 Å². The molecule has 1 atom stereocenters. The average Bonchev–Trinajstić information content (AvgIpc) is 2.71. The molecule has 1 aromatic carbocycles. The Morgan fingerprint density at radius 1 is 1.38 bits per heavy atom. The number of nitrogens with zero attached hydrogens (tertiary/aromatic N) is 2. The molecule has 2 rings (SSSR count). The first-order valence-electron chi connectivity index (χ1n) is 6.99. The van der Waals surface area contributed by atoms with Crippen LogP contribution in [0.5, 0.6) is 0 Å². The van der Waals surface area contributed by atoms with E-state index in [-0.39, 0.29) is 16.8 Å². The van der Waals surface area contributed by atoms with Gasteiger partial charge in [-0.25, -0.2) is 9.40 Å². The smallest absolute Gasteiger partial charge is 0.306 e. The lowest BCUT2D eigenvalue weighted by molar-refractivity contribution is -0.100. The summed E-state index contributed by atoms with van der Waals surface area (Å²) in [6.45, 7) is 5.62. The van der Waals surface area contributed by atoms with Crippen molar-refractivity contribution in [2.75, 3.05) is 11.6 Å². The number of hydrazine groups is 1. The van der Waals surface area contributed by atoms with Gasteiger partial charge in [0.2, 0.25) is 5.06 Å². The monoisotopic (exact) mass is 412 g/mol. The molecule has 0 radical (unpaired) electrons. The summed E-state index contributed by atoms with van der Waals surface area (Å²) in [5.74, 6) is -0.564. The van der Waals surface area contributed by atoms with Crippen molar-refractivity contribution in [3.63, 3.8) is 0 Å². The van der Waals surface area contributed by atoms with Crippen molar-refractivity contribution in [2.24, 2.45) is 5.41 Å². The SMILES string of the molecule is CC(C)(C)C1(OCC=C(Cl)Cl)SC(=O)N(c2ccccc2F)N1Cl. The van der Waals surface area contributed by atoms with E-state index in [1.54, 1.807) is 6.07 Å². The first-order chi connectivity index (χ1) is 11.1. The summed E-state index contributed by atoms with van der Waals surface area (Å²) in [5, 5.41) is -0.669. The van der Waals surface area contributed by atoms with Crippen LogP contribution in [0.3, 0.4) is 0 Å². The molecule has 0 aromatic heterocycles. The fourth-order valence-corrected chi connectivity index (χ4v) is 3.99. The normalized spacial score (nSPS) is 22.1. The van der Waals surface area contributed by atoms with Crippen LogP contribution in [0.4, 0.5) is 14.9 Å². The molecule has 1 aromatic rings. The number of ether oxygens (including phenoxy) is 1. The third kappa shape index (κ3) is 3.69. The molecule has 132 valence electrons. The van der Waals surface area contributed by atoms with E-state index in [1.165, 1.54) is 24.3 Å². The van der Waals surface area contributed by atoms with Gasteiger partial charge in [0.05, 0.1) is 12.3 Å². The van der Waals surface area contributed by atoms with Crippen molar-refractivity contribution in [1.29, 1.82) is 0 Å². The van der Waals surface area contributed by atoms with E-state index in [0.717, 1.165) is 21.3 Å². The van der Waals surface area contributed by atoms with Gasteiger partial charge in [-0.2, -0.15) is 0 Å². The van der Waals surface area contributed by atoms with Crippen LogP contribution in [0.2, 0.25) is 0 Å². The molecule has 0 aliphatic carbocycles. The Labute approximate surface area is 159 Å². The molecule has 1 heterocycles. The quantitative estimate of drug-likeness (QED) is 0.575. The Balaban J connectivity index is 2.42. The lowest BCUT2D eigenvalue weighted by Gasteiger charge is -2.42. The van der Waals surface area contributed by atoms with Crippen molar-refractivity contribution >= 4 is 57.7 Å². The number of rotatable bonds is 4. The van der Waals surface area contributed by atoms with E-state index < -0.39 is 21.5 Å². The van der Waals surface area contributed by atoms with Gasteiger partial charge in [0.25, 0.3) is 0 Å². The molecule has 0 N–H and O–H groups in total. The van der Waals surface area contributed by atoms with Crippen molar-refractivity contribution < 1.29 is 13.9 Å². The number of benzene rings is 1. The second-order valence-electron chi connectivity index (χ2n) is 6.03. The molecule has 0 spiro atoms. The van der Waals surface area contributed by atoms with E-state index in [2.05, 4.69) is 0 Å². The highest BCUT2D eigenvalue weighted by molar-refractivity contribution is 8.15. The minimum absolute atomic E-state index is 0.0359. The fourth-order valence-electron chi connectivity index (χ4n) is 2.17. The largest absolute Gasteiger partial charge is 0.343 e. The summed E-state index contributed by atoms with van der Waals surface area (Å²) in [6, 6.07) is 5.88. The summed E-state index contributed by atoms with van der Waals surface area (Å²) >= 11 is 18.5. The standard InChI is InChI=1S/C15H16Cl3FN2O2S/c1-14(2,3)15(23-9-8-12(16)17)21(18)20(13(22)24-15)11-7-5-4-6-10(11)19/h4-8H,9H2,1-3H3. The zero-order valence-corrected chi connectivity index (χ0v) is 16.3. The van der Waals surface area contributed by atoms with Crippen molar-refractivity contribution in [3.05, 3.63) is 40.7 Å². The van der Waals surface area contributed by atoms with Gasteiger partial charge in [-0.1, -0.05) is 60.6 Å². The van der Waals surface area contributed by atoms with Gasteiger partial charge in [-0.15, -0.1) is 0 Å². The highest BCUT2D eigenvalue weighted by atomic mass is 35.5. The predicted molar refractivity (Wildman–Crippen MR) is 97.5 cm³/mol. The second kappa shape index (κ2) is 7.40. The lowest BCUT2D eigenvalue weighted by atomic mass is 9.93. The van der Waals surface area contributed by atoms with Gasteiger partial charge in [0.1, 0.15) is 10.3 Å². The topological polar surface area (TPSA) is 32.8 Å². The number of halogens is 4. The predicted octanol–water partition coefficient (Wildman–Crippen LogP) is 5.91. The van der Waals surface area contributed by atoms with Crippen LogP contribution in [-0.4, -0.2) is 21.4 Å². The molecular formula is C15H16Cl3FN2O2S. The maximum absolute atomic E-state index is 14.1. The molecule has 24 heavy (non-hydrogen) atoms. The van der Waals surface area contributed by atoms with Gasteiger partial charge in [-0.05, 0) is 30.0 Å². The van der Waals surface area contributed by atoms with Gasteiger partial charge >= 0.3 is 5.24 Å². The zero-order valence-electron chi connectivity index (χ0n) is 13.2. The highest BCUT2D eigenvalue weighted by Crippen LogP contribution is 2.54. The minimum atomic E-state index is -1.27. The molecule has 1 amide bonds. The van der Waals surface area contributed by atoms with Crippen LogP contribution >= 0.6 is 46.7 Å². The number of amides is 1. The van der Waals surface area contributed by atoms with Crippen LogP contribution in [0.1, 0.15) is 20.8 Å². The molecular weight excluding hydrogens is 398 g/mol. The fraction of sp³-hybridized carbons (Fsp3) is 0.400. The summed E-state index contributed by atoms with van der Waals surface area (Å²) in [7, 11) is 0. The van der Waals surface area contributed by atoms with Gasteiger partial charge in [-0.3, -0.25) is 4.79 Å². The molecule has 0 saturated carbocycles. The number of para-hydroxylation sites is 1. The van der Waals surface area contributed by atoms with Gasteiger partial charge in [0, 0.05) is 17.2 Å². The van der Waals surface area contributed by atoms with Crippen LogP contribution < -0.4 is 5.01 Å². The summed E-state index contributed by atoms with van der Waals surface area (Å²) in [6.07, 6.45) is 1.44. The molecule has 1 unspecified atom stereocenters. The third-order valence-corrected chi connectivity index (χ3v) is 5.69. The Morgan fingerprint density at radius 2 is 2.00 bits per heavy atom. The van der Waals surface area contributed by atoms with E-state index >= 15 is 0 Å². The Hall–Kier alpha value is -0.500. The minimum Gasteiger partial charge on any atom is -0.343 e. The Morgan fingerprint density at radius 3 is 2.54 bits per heavy atom. The van der Waals surface area contributed by atoms with Crippen molar-refractivity contribution in [3.8, 4) is 0 Å². The second-order valence-corrected chi connectivity index (χ2v) is 8.46. The first-order valence-corrected chi connectivity index (χ1v) is 8.90. The van der Waals surface area contributed by atoms with E-state index in [4.69, 9.17) is 39.7 Å². The number of thioether (sulfide) groups is 1. The van der Waals surface area contributed by atoms with Crippen molar-refractivity contribution in [1.82, 2.24) is 4.53 Å². The van der Waals surface area contributed by atoms with Crippen molar-refractivity contribution in [2.45, 2.75) is 25.8 Å². The molecule has 1 saturated heterocycles.